The van der Waals surface area contributed by atoms with Gasteiger partial charge in [-0.25, -0.2) is 0 Å². The predicted molar refractivity (Wildman–Crippen MR) is 73.5 cm³/mol. The number of alkyl halides is 3. The molecule has 116 valence electrons. The van der Waals surface area contributed by atoms with Crippen LogP contribution in [0.15, 0.2) is 42.5 Å². The fraction of sp³-hybridized carbons (Fsp3) is 0.143. The summed E-state index contributed by atoms with van der Waals surface area (Å²) in [5.74, 6) is -0.134. The molecule has 2 N–H and O–H groups in total. The summed E-state index contributed by atoms with van der Waals surface area (Å²) in [5.41, 5.74) is -0.272. The van der Waals surface area contributed by atoms with E-state index in [2.05, 4.69) is 5.32 Å². The molecule has 2 rings (SSSR count). The highest BCUT2D eigenvalue weighted by Crippen LogP contribution is 2.30. The molecule has 2 aromatic carbocycles. The van der Waals surface area contributed by atoms with Crippen LogP contribution < -0.4 is 5.32 Å². The van der Waals surface area contributed by atoms with Gasteiger partial charge in [0, 0.05) is 29.9 Å². The summed E-state index contributed by atoms with van der Waals surface area (Å²) in [6.45, 7) is 0.0406. The van der Waals surface area contributed by atoms with E-state index in [-0.39, 0.29) is 23.5 Å². The maximum Gasteiger partial charge on any atom is 0.416 e. The van der Waals surface area contributed by atoms with Crippen molar-refractivity contribution in [3.8, 4) is 5.75 Å². The molecule has 0 amide bonds. The highest BCUT2D eigenvalue weighted by atomic mass is 19.4. The Morgan fingerprint density at radius 1 is 1.14 bits per heavy atom. The first-order chi connectivity index (χ1) is 10.3. The zero-order valence-corrected chi connectivity index (χ0v) is 11.1. The Kier molecular flexibility index (Phi) is 4.20. The number of rotatable bonds is 4. The van der Waals surface area contributed by atoms with Gasteiger partial charge in [-0.3, -0.25) is 10.1 Å². The monoisotopic (exact) mass is 312 g/mol. The van der Waals surface area contributed by atoms with Crippen LogP contribution in [-0.4, -0.2) is 10.0 Å². The van der Waals surface area contributed by atoms with E-state index in [1.54, 1.807) is 0 Å². The molecule has 0 aliphatic heterocycles. The number of aromatic hydroxyl groups is 1. The predicted octanol–water partition coefficient (Wildman–Crippen LogP) is 3.93. The van der Waals surface area contributed by atoms with Crippen molar-refractivity contribution in [3.63, 3.8) is 0 Å². The number of phenolic OH excluding ortho intramolecular Hbond substituents is 1. The second-order valence-electron chi connectivity index (χ2n) is 4.50. The van der Waals surface area contributed by atoms with E-state index in [1.807, 2.05) is 0 Å². The van der Waals surface area contributed by atoms with Crippen LogP contribution in [0.5, 0.6) is 5.75 Å². The maximum absolute atomic E-state index is 12.4. The molecule has 0 fully saturated rings. The first-order valence-electron chi connectivity index (χ1n) is 6.15. The Bertz CT molecular complexity index is 685. The highest BCUT2D eigenvalue weighted by Gasteiger charge is 2.29. The van der Waals surface area contributed by atoms with Crippen LogP contribution in [0.4, 0.5) is 24.5 Å². The zero-order chi connectivity index (χ0) is 16.3. The van der Waals surface area contributed by atoms with Crippen LogP contribution in [-0.2, 0) is 12.7 Å². The van der Waals surface area contributed by atoms with Gasteiger partial charge in [0.2, 0.25) is 0 Å². The van der Waals surface area contributed by atoms with E-state index < -0.39 is 16.7 Å². The van der Waals surface area contributed by atoms with Gasteiger partial charge in [0.15, 0.2) is 0 Å². The lowest BCUT2D eigenvalue weighted by atomic mass is 10.1. The summed E-state index contributed by atoms with van der Waals surface area (Å²) in [7, 11) is 0. The van der Waals surface area contributed by atoms with Crippen molar-refractivity contribution in [2.24, 2.45) is 0 Å². The summed E-state index contributed by atoms with van der Waals surface area (Å²) in [5, 5.41) is 23.1. The Morgan fingerprint density at radius 3 is 2.32 bits per heavy atom. The quantitative estimate of drug-likeness (QED) is 0.662. The number of phenols is 1. The van der Waals surface area contributed by atoms with Crippen molar-refractivity contribution in [3.05, 3.63) is 63.7 Å². The maximum atomic E-state index is 12.4. The molecule has 8 heteroatoms. The summed E-state index contributed by atoms with van der Waals surface area (Å²) in [6, 6.07) is 7.91. The molecule has 0 aromatic heterocycles. The van der Waals surface area contributed by atoms with Crippen LogP contribution in [0.25, 0.3) is 0 Å². The Balaban J connectivity index is 2.10. The average molecular weight is 312 g/mol. The smallest absolute Gasteiger partial charge is 0.416 e. The molecule has 0 atom stereocenters. The molecule has 0 saturated carbocycles. The molecule has 2 aromatic rings. The summed E-state index contributed by atoms with van der Waals surface area (Å²) >= 11 is 0. The Labute approximate surface area is 123 Å². The van der Waals surface area contributed by atoms with Crippen LogP contribution >= 0.6 is 0 Å². The average Bonchev–Trinajstić information content (AvgIpc) is 2.45. The molecule has 0 aliphatic rings. The molecule has 0 saturated heterocycles. The minimum Gasteiger partial charge on any atom is -0.508 e. The third-order valence-corrected chi connectivity index (χ3v) is 2.97. The van der Waals surface area contributed by atoms with E-state index in [0.717, 1.165) is 18.2 Å². The highest BCUT2D eigenvalue weighted by molar-refractivity contribution is 5.49. The van der Waals surface area contributed by atoms with Crippen molar-refractivity contribution in [1.82, 2.24) is 0 Å². The van der Waals surface area contributed by atoms with Crippen LogP contribution in [0.2, 0.25) is 0 Å². The lowest BCUT2D eigenvalue weighted by Gasteiger charge is -2.10. The number of nitro groups is 1. The van der Waals surface area contributed by atoms with Gasteiger partial charge in [0.1, 0.15) is 5.75 Å². The summed E-state index contributed by atoms with van der Waals surface area (Å²) < 4.78 is 37.3. The minimum atomic E-state index is -4.41. The number of hydrogen-bond donors (Lipinski definition) is 2. The van der Waals surface area contributed by atoms with Crippen molar-refractivity contribution >= 4 is 11.4 Å². The molecule has 0 unspecified atom stereocenters. The molecule has 22 heavy (non-hydrogen) atoms. The minimum absolute atomic E-state index is 0.0406. The summed E-state index contributed by atoms with van der Waals surface area (Å²) in [4.78, 5) is 10.1. The van der Waals surface area contributed by atoms with E-state index >= 15 is 0 Å². The van der Waals surface area contributed by atoms with Gasteiger partial charge in [-0.2, -0.15) is 13.2 Å². The number of benzene rings is 2. The molecule has 0 spiro atoms. The molecule has 0 bridgehead atoms. The number of halogens is 3. The lowest BCUT2D eigenvalue weighted by Crippen LogP contribution is -2.05. The number of nitrogens with one attached hydrogen (secondary N) is 1. The first kappa shape index (κ1) is 15.6. The molecular formula is C14H11F3N2O3. The Morgan fingerprint density at radius 2 is 1.77 bits per heavy atom. The van der Waals surface area contributed by atoms with E-state index in [0.29, 0.717) is 5.69 Å². The van der Waals surface area contributed by atoms with Gasteiger partial charge in [0.05, 0.1) is 10.5 Å². The van der Waals surface area contributed by atoms with Gasteiger partial charge in [0.25, 0.3) is 5.69 Å². The van der Waals surface area contributed by atoms with Crippen LogP contribution in [0, 0.1) is 10.1 Å². The third-order valence-electron chi connectivity index (χ3n) is 2.97. The topological polar surface area (TPSA) is 75.4 Å². The van der Waals surface area contributed by atoms with Crippen molar-refractivity contribution < 1.29 is 23.2 Å². The second kappa shape index (κ2) is 5.92. The zero-order valence-electron chi connectivity index (χ0n) is 11.1. The van der Waals surface area contributed by atoms with Gasteiger partial charge >= 0.3 is 6.18 Å². The molecule has 5 nitrogen and oxygen atoms in total. The Hall–Kier alpha value is -2.77. The fourth-order valence-corrected chi connectivity index (χ4v) is 1.80. The van der Waals surface area contributed by atoms with Gasteiger partial charge in [-0.1, -0.05) is 0 Å². The standard InChI is InChI=1S/C14H11F3N2O3/c15-14(16,17)10-1-3-11(4-2-10)18-8-9-7-12(19(21)22)5-6-13(9)20/h1-7,18,20H,8H2. The van der Waals surface area contributed by atoms with Crippen molar-refractivity contribution in [2.45, 2.75) is 12.7 Å². The van der Waals surface area contributed by atoms with Gasteiger partial charge in [-0.05, 0) is 30.3 Å². The van der Waals surface area contributed by atoms with Gasteiger partial charge < -0.3 is 10.4 Å². The first-order valence-corrected chi connectivity index (χ1v) is 6.15. The number of hydrogen-bond acceptors (Lipinski definition) is 4. The van der Waals surface area contributed by atoms with Crippen LogP contribution in [0.3, 0.4) is 0 Å². The van der Waals surface area contributed by atoms with E-state index in [9.17, 15) is 28.4 Å². The van der Waals surface area contributed by atoms with Crippen molar-refractivity contribution in [2.75, 3.05) is 5.32 Å². The molecule has 0 radical (unpaired) electrons. The van der Waals surface area contributed by atoms with Crippen molar-refractivity contribution in [1.29, 1.82) is 0 Å². The molecular weight excluding hydrogens is 301 g/mol. The normalized spacial score (nSPS) is 11.2. The molecule has 0 aliphatic carbocycles. The third kappa shape index (κ3) is 3.66. The second-order valence-corrected chi connectivity index (χ2v) is 4.50. The number of anilines is 1. The van der Waals surface area contributed by atoms with E-state index in [4.69, 9.17) is 0 Å². The number of nitro benzene ring substituents is 1. The fourth-order valence-electron chi connectivity index (χ4n) is 1.80. The van der Waals surface area contributed by atoms with Gasteiger partial charge in [-0.15, -0.1) is 0 Å². The number of non-ortho nitro benzene ring substituents is 1. The number of nitrogens with zero attached hydrogens (tertiary/aromatic N) is 1. The lowest BCUT2D eigenvalue weighted by molar-refractivity contribution is -0.384. The largest absolute Gasteiger partial charge is 0.508 e. The summed E-state index contributed by atoms with van der Waals surface area (Å²) in [6.07, 6.45) is -4.41. The van der Waals surface area contributed by atoms with Crippen LogP contribution in [0.1, 0.15) is 11.1 Å². The van der Waals surface area contributed by atoms with E-state index in [1.165, 1.54) is 24.3 Å². The molecule has 0 heterocycles. The SMILES string of the molecule is O=[N+]([O-])c1ccc(O)c(CNc2ccc(C(F)(F)F)cc2)c1.